The summed E-state index contributed by atoms with van der Waals surface area (Å²) < 4.78 is 11.2. The maximum Gasteiger partial charge on any atom is 0.168 e. The molecule has 0 spiro atoms. The van der Waals surface area contributed by atoms with Gasteiger partial charge in [0.1, 0.15) is 19.0 Å². The lowest BCUT2D eigenvalue weighted by molar-refractivity contribution is 0.168. The molecule has 0 amide bonds. The van der Waals surface area contributed by atoms with E-state index in [0.717, 1.165) is 38.3 Å². The summed E-state index contributed by atoms with van der Waals surface area (Å²) >= 11 is 6.06. The van der Waals surface area contributed by atoms with Gasteiger partial charge in [-0.05, 0) is 6.42 Å². The quantitative estimate of drug-likeness (QED) is 0.880. The van der Waals surface area contributed by atoms with Crippen molar-refractivity contribution in [3.63, 3.8) is 0 Å². The van der Waals surface area contributed by atoms with Crippen LogP contribution in [0.4, 0.5) is 0 Å². The van der Waals surface area contributed by atoms with Crippen molar-refractivity contribution in [2.75, 3.05) is 45.9 Å². The first-order valence-corrected chi connectivity index (χ1v) is 7.36. The van der Waals surface area contributed by atoms with Gasteiger partial charge in [0.05, 0.1) is 5.02 Å². The number of benzene rings is 1. The van der Waals surface area contributed by atoms with Gasteiger partial charge in [-0.15, -0.1) is 0 Å². The topological polar surface area (TPSA) is 54.0 Å². The predicted octanol–water partition coefficient (Wildman–Crippen LogP) is 1.26. The molecule has 1 aromatic rings. The molecule has 0 aliphatic carbocycles. The molecule has 0 bridgehead atoms. The van der Waals surface area contributed by atoms with Crippen molar-refractivity contribution in [1.82, 2.24) is 10.2 Å². The predicted molar refractivity (Wildman–Crippen MR) is 77.1 cm³/mol. The van der Waals surface area contributed by atoms with Gasteiger partial charge in [0.15, 0.2) is 11.5 Å². The van der Waals surface area contributed by atoms with E-state index in [9.17, 15) is 5.11 Å². The number of hydrogen-bond acceptors (Lipinski definition) is 5. The second-order valence-corrected chi connectivity index (χ2v) is 5.46. The fourth-order valence-electron chi connectivity index (χ4n) is 2.65. The largest absolute Gasteiger partial charge is 0.506 e. The Morgan fingerprint density at radius 2 is 2.00 bits per heavy atom. The standard InChI is InChI=1S/C14H19ClN2O3/c15-11-9-12-14(20-8-7-19-12)10(13(11)18)1-4-17-5-2-16-3-6-17/h9,16,18H,1-8H2. The smallest absolute Gasteiger partial charge is 0.168 e. The molecule has 3 rings (SSSR count). The van der Waals surface area contributed by atoms with Gasteiger partial charge < -0.3 is 24.8 Å². The van der Waals surface area contributed by atoms with Crippen LogP contribution < -0.4 is 14.8 Å². The van der Waals surface area contributed by atoms with Crippen LogP contribution in [-0.2, 0) is 6.42 Å². The zero-order valence-electron chi connectivity index (χ0n) is 11.3. The van der Waals surface area contributed by atoms with Crippen LogP contribution in [0.3, 0.4) is 0 Å². The molecule has 110 valence electrons. The highest BCUT2D eigenvalue weighted by atomic mass is 35.5. The zero-order chi connectivity index (χ0) is 13.9. The molecule has 2 aliphatic rings. The highest BCUT2D eigenvalue weighted by Gasteiger charge is 2.22. The van der Waals surface area contributed by atoms with Crippen LogP contribution in [0.1, 0.15) is 5.56 Å². The molecule has 1 fully saturated rings. The third-order valence-electron chi connectivity index (χ3n) is 3.74. The van der Waals surface area contributed by atoms with E-state index in [-0.39, 0.29) is 5.75 Å². The number of phenols is 1. The van der Waals surface area contributed by atoms with Gasteiger partial charge in [0.25, 0.3) is 0 Å². The maximum absolute atomic E-state index is 10.2. The van der Waals surface area contributed by atoms with Crippen molar-refractivity contribution in [2.24, 2.45) is 0 Å². The van der Waals surface area contributed by atoms with Gasteiger partial charge in [-0.3, -0.25) is 0 Å². The van der Waals surface area contributed by atoms with Crippen molar-refractivity contribution < 1.29 is 14.6 Å². The first-order valence-electron chi connectivity index (χ1n) is 6.98. The Hall–Kier alpha value is -1.17. The molecular formula is C14H19ClN2O3. The summed E-state index contributed by atoms with van der Waals surface area (Å²) in [5.74, 6) is 1.40. The lowest BCUT2D eigenvalue weighted by Crippen LogP contribution is -2.44. The molecule has 0 aromatic heterocycles. The van der Waals surface area contributed by atoms with Gasteiger partial charge in [-0.2, -0.15) is 0 Å². The number of nitrogens with one attached hydrogen (secondary N) is 1. The Labute approximate surface area is 123 Å². The molecule has 6 heteroatoms. The van der Waals surface area contributed by atoms with Crippen molar-refractivity contribution in [3.8, 4) is 17.2 Å². The molecular weight excluding hydrogens is 280 g/mol. The zero-order valence-corrected chi connectivity index (χ0v) is 12.1. The Morgan fingerprint density at radius 1 is 1.25 bits per heavy atom. The van der Waals surface area contributed by atoms with E-state index in [1.165, 1.54) is 0 Å². The minimum Gasteiger partial charge on any atom is -0.506 e. The third-order valence-corrected chi connectivity index (χ3v) is 4.03. The fraction of sp³-hybridized carbons (Fsp3) is 0.571. The molecule has 0 saturated carbocycles. The lowest BCUT2D eigenvalue weighted by atomic mass is 10.1. The van der Waals surface area contributed by atoms with Crippen molar-refractivity contribution in [1.29, 1.82) is 0 Å². The number of halogens is 1. The Kier molecular flexibility index (Phi) is 4.19. The van der Waals surface area contributed by atoms with Gasteiger partial charge in [0, 0.05) is 44.4 Å². The Morgan fingerprint density at radius 3 is 2.80 bits per heavy atom. The molecule has 0 atom stereocenters. The number of phenolic OH excluding ortho intramolecular Hbond substituents is 1. The van der Waals surface area contributed by atoms with Crippen LogP contribution in [0.5, 0.6) is 17.2 Å². The van der Waals surface area contributed by atoms with E-state index in [1.54, 1.807) is 6.07 Å². The van der Waals surface area contributed by atoms with Crippen molar-refractivity contribution in [3.05, 3.63) is 16.7 Å². The fourth-order valence-corrected chi connectivity index (χ4v) is 2.86. The summed E-state index contributed by atoms with van der Waals surface area (Å²) in [7, 11) is 0. The van der Waals surface area contributed by atoms with Gasteiger partial charge in [-0.25, -0.2) is 0 Å². The van der Waals surface area contributed by atoms with E-state index in [2.05, 4.69) is 10.2 Å². The summed E-state index contributed by atoms with van der Waals surface area (Å²) in [6.45, 7) is 5.99. The number of nitrogens with zero attached hydrogens (tertiary/aromatic N) is 1. The molecule has 0 radical (unpaired) electrons. The summed E-state index contributed by atoms with van der Waals surface area (Å²) in [6.07, 6.45) is 0.706. The number of hydrogen-bond donors (Lipinski definition) is 2. The lowest BCUT2D eigenvalue weighted by Gasteiger charge is -2.28. The molecule has 2 aliphatic heterocycles. The highest BCUT2D eigenvalue weighted by Crippen LogP contribution is 2.43. The van der Waals surface area contributed by atoms with Gasteiger partial charge in [-0.1, -0.05) is 11.6 Å². The Balaban J connectivity index is 1.78. The number of piperazine rings is 1. The average Bonchev–Trinajstić information content (AvgIpc) is 2.49. The molecule has 5 nitrogen and oxygen atoms in total. The molecule has 1 saturated heterocycles. The van der Waals surface area contributed by atoms with Gasteiger partial charge >= 0.3 is 0 Å². The van der Waals surface area contributed by atoms with E-state index >= 15 is 0 Å². The molecule has 1 aromatic carbocycles. The van der Waals surface area contributed by atoms with E-state index in [1.807, 2.05) is 0 Å². The van der Waals surface area contributed by atoms with Crippen LogP contribution in [0.15, 0.2) is 6.07 Å². The van der Waals surface area contributed by atoms with E-state index in [0.29, 0.717) is 36.2 Å². The highest BCUT2D eigenvalue weighted by molar-refractivity contribution is 6.32. The minimum absolute atomic E-state index is 0.117. The average molecular weight is 299 g/mol. The second kappa shape index (κ2) is 6.08. The third kappa shape index (κ3) is 2.80. The van der Waals surface area contributed by atoms with Crippen LogP contribution >= 0.6 is 11.6 Å². The van der Waals surface area contributed by atoms with E-state index in [4.69, 9.17) is 21.1 Å². The van der Waals surface area contributed by atoms with Crippen LogP contribution in [0, 0.1) is 0 Å². The number of ether oxygens (including phenoxy) is 2. The molecule has 2 heterocycles. The Bertz CT molecular complexity index is 490. The molecule has 0 unspecified atom stereocenters. The monoisotopic (exact) mass is 298 g/mol. The number of aromatic hydroxyl groups is 1. The first-order chi connectivity index (χ1) is 9.75. The second-order valence-electron chi connectivity index (χ2n) is 5.05. The summed E-state index contributed by atoms with van der Waals surface area (Å²) in [5, 5.41) is 13.8. The van der Waals surface area contributed by atoms with Crippen molar-refractivity contribution in [2.45, 2.75) is 6.42 Å². The van der Waals surface area contributed by atoms with Gasteiger partial charge in [0.2, 0.25) is 0 Å². The summed E-state index contributed by atoms with van der Waals surface area (Å²) in [6, 6.07) is 1.62. The van der Waals surface area contributed by atoms with Crippen LogP contribution in [0.25, 0.3) is 0 Å². The minimum atomic E-state index is 0.117. The van der Waals surface area contributed by atoms with Crippen LogP contribution in [0.2, 0.25) is 5.02 Å². The van der Waals surface area contributed by atoms with Crippen LogP contribution in [-0.4, -0.2) is 55.9 Å². The summed E-state index contributed by atoms with van der Waals surface area (Å²) in [5.41, 5.74) is 0.755. The van der Waals surface area contributed by atoms with E-state index < -0.39 is 0 Å². The SMILES string of the molecule is Oc1c(Cl)cc2c(c1CCN1CCNCC1)OCCO2. The molecule has 2 N–H and O–H groups in total. The molecule has 20 heavy (non-hydrogen) atoms. The first kappa shape index (κ1) is 13.8. The number of rotatable bonds is 3. The van der Waals surface area contributed by atoms with Crippen molar-refractivity contribution >= 4 is 11.6 Å². The summed E-state index contributed by atoms with van der Waals surface area (Å²) in [4.78, 5) is 2.37. The maximum atomic E-state index is 10.2. The number of fused-ring (bicyclic) bond motifs is 1. The normalized spacial score (nSPS) is 19.1.